The Morgan fingerprint density at radius 2 is 1.83 bits per heavy atom. The normalized spacial score (nSPS) is 11.6. The van der Waals surface area contributed by atoms with E-state index in [0.717, 1.165) is 10.9 Å². The predicted octanol–water partition coefficient (Wildman–Crippen LogP) is 4.94. The molecule has 7 heteroatoms. The van der Waals surface area contributed by atoms with E-state index < -0.39 is 10.8 Å². The van der Waals surface area contributed by atoms with Crippen LogP contribution >= 0.6 is 0 Å². The minimum absolute atomic E-state index is 0.0500. The number of fused-ring (bicyclic) bond motifs is 1. The number of non-ortho nitro benzene ring substituents is 1. The van der Waals surface area contributed by atoms with Gasteiger partial charge in [-0.3, -0.25) is 10.1 Å². The van der Waals surface area contributed by atoms with Gasteiger partial charge in [-0.25, -0.2) is 9.97 Å². The molecule has 0 saturated heterocycles. The van der Waals surface area contributed by atoms with Crippen LogP contribution in [0.5, 0.6) is 0 Å². The Morgan fingerprint density at radius 3 is 2.66 bits per heavy atom. The monoisotopic (exact) mass is 381 g/mol. The second kappa shape index (κ2) is 7.74. The highest BCUT2D eigenvalue weighted by Gasteiger charge is 2.20. The Bertz CT molecular complexity index is 1250. The van der Waals surface area contributed by atoms with Crippen LogP contribution in [0.2, 0.25) is 0 Å². The van der Waals surface area contributed by atoms with Crippen LogP contribution in [-0.2, 0) is 0 Å². The number of nitrogens with one attached hydrogen (secondary N) is 1. The molecule has 0 bridgehead atoms. The molecule has 0 radical (unpaired) electrons. The molecule has 0 aliphatic heterocycles. The van der Waals surface area contributed by atoms with Crippen LogP contribution in [0, 0.1) is 21.4 Å². The molecule has 0 aliphatic carbocycles. The molecule has 1 heterocycles. The summed E-state index contributed by atoms with van der Waals surface area (Å²) in [6.07, 6.45) is 1.73. The number of aromatic nitrogens is 2. The first-order chi connectivity index (χ1) is 14.2. The lowest BCUT2D eigenvalue weighted by Gasteiger charge is -2.15. The van der Waals surface area contributed by atoms with Crippen molar-refractivity contribution in [2.45, 2.75) is 5.92 Å². The molecule has 0 amide bonds. The van der Waals surface area contributed by atoms with Gasteiger partial charge in [-0.1, -0.05) is 48.5 Å². The number of nitriles is 1. The van der Waals surface area contributed by atoms with E-state index in [2.05, 4.69) is 21.4 Å². The molecular formula is C22H15N5O2. The summed E-state index contributed by atoms with van der Waals surface area (Å²) in [5.74, 6) is -0.272. The number of para-hydroxylation sites is 2. The van der Waals surface area contributed by atoms with Crippen LogP contribution in [0.15, 0.2) is 79.0 Å². The number of nitrogens with zero attached hydrogens (tertiary/aromatic N) is 4. The number of anilines is 2. The van der Waals surface area contributed by atoms with E-state index in [1.165, 1.54) is 12.1 Å². The van der Waals surface area contributed by atoms with Gasteiger partial charge in [0.25, 0.3) is 5.69 Å². The summed E-state index contributed by atoms with van der Waals surface area (Å²) in [5, 5.41) is 25.0. The maximum absolute atomic E-state index is 11.1. The molecule has 3 aromatic carbocycles. The zero-order chi connectivity index (χ0) is 20.2. The Morgan fingerprint density at radius 1 is 1.03 bits per heavy atom. The smallest absolute Gasteiger partial charge is 0.269 e. The Labute approximate surface area is 166 Å². The molecule has 1 N–H and O–H groups in total. The number of rotatable bonds is 5. The molecule has 7 nitrogen and oxygen atoms in total. The van der Waals surface area contributed by atoms with E-state index in [0.29, 0.717) is 22.8 Å². The highest BCUT2D eigenvalue weighted by Crippen LogP contribution is 2.32. The third-order valence-corrected chi connectivity index (χ3v) is 4.55. The van der Waals surface area contributed by atoms with Gasteiger partial charge < -0.3 is 5.32 Å². The molecule has 140 valence electrons. The largest absolute Gasteiger partial charge is 0.324 e. The van der Waals surface area contributed by atoms with Gasteiger partial charge in [0.2, 0.25) is 5.95 Å². The van der Waals surface area contributed by atoms with E-state index in [1.807, 2.05) is 48.5 Å². The van der Waals surface area contributed by atoms with Crippen LogP contribution in [0.3, 0.4) is 0 Å². The summed E-state index contributed by atoms with van der Waals surface area (Å²) < 4.78 is 0. The van der Waals surface area contributed by atoms with Crippen molar-refractivity contribution in [1.82, 2.24) is 9.97 Å². The molecule has 4 rings (SSSR count). The van der Waals surface area contributed by atoms with Crippen molar-refractivity contribution < 1.29 is 4.92 Å². The summed E-state index contributed by atoms with van der Waals surface area (Å²) in [6.45, 7) is 0. The van der Waals surface area contributed by atoms with Crippen LogP contribution < -0.4 is 5.32 Å². The Hall–Kier alpha value is -4.31. The first-order valence-electron chi connectivity index (χ1n) is 8.87. The molecule has 1 aromatic heterocycles. The van der Waals surface area contributed by atoms with Crippen molar-refractivity contribution in [2.24, 2.45) is 0 Å². The first-order valence-corrected chi connectivity index (χ1v) is 8.87. The molecule has 4 aromatic rings. The summed E-state index contributed by atoms with van der Waals surface area (Å²) in [5.41, 5.74) is 2.66. The van der Waals surface area contributed by atoms with E-state index in [9.17, 15) is 15.4 Å². The van der Waals surface area contributed by atoms with Gasteiger partial charge in [-0.2, -0.15) is 5.26 Å². The number of nitro groups is 1. The van der Waals surface area contributed by atoms with E-state index in [4.69, 9.17) is 0 Å². The fraction of sp³-hybridized carbons (Fsp3) is 0.0455. The highest BCUT2D eigenvalue weighted by molar-refractivity contribution is 5.79. The van der Waals surface area contributed by atoms with Gasteiger partial charge in [0.05, 0.1) is 22.4 Å². The van der Waals surface area contributed by atoms with Crippen molar-refractivity contribution in [3.8, 4) is 6.07 Å². The summed E-state index contributed by atoms with van der Waals surface area (Å²) in [6, 6.07) is 23.3. The van der Waals surface area contributed by atoms with Crippen molar-refractivity contribution >= 4 is 28.2 Å². The summed E-state index contributed by atoms with van der Waals surface area (Å²) >= 11 is 0. The van der Waals surface area contributed by atoms with Gasteiger partial charge >= 0.3 is 0 Å². The van der Waals surface area contributed by atoms with Crippen molar-refractivity contribution in [1.29, 1.82) is 5.26 Å². The maximum Gasteiger partial charge on any atom is 0.269 e. The van der Waals surface area contributed by atoms with Gasteiger partial charge in [0.1, 0.15) is 0 Å². The van der Waals surface area contributed by atoms with Gasteiger partial charge in [0, 0.05) is 29.4 Å². The predicted molar refractivity (Wildman–Crippen MR) is 110 cm³/mol. The van der Waals surface area contributed by atoms with E-state index in [-0.39, 0.29) is 5.69 Å². The minimum Gasteiger partial charge on any atom is -0.324 e. The zero-order valence-electron chi connectivity index (χ0n) is 15.2. The number of benzene rings is 3. The lowest BCUT2D eigenvalue weighted by Crippen LogP contribution is -2.05. The molecule has 1 atom stereocenters. The fourth-order valence-corrected chi connectivity index (χ4v) is 3.16. The lowest BCUT2D eigenvalue weighted by atomic mass is 9.91. The van der Waals surface area contributed by atoms with Crippen LogP contribution in [0.4, 0.5) is 17.3 Å². The minimum atomic E-state index is -0.681. The molecule has 0 fully saturated rings. The standard InChI is InChI=1S/C22H15N5O2/c23-13-19(15-7-5-8-17(12-15)27(28)29)18-9-2-4-11-21(18)26-22-24-14-16-6-1-3-10-20(16)25-22/h1-12,14,19H,(H,24,25,26). The van der Waals surface area contributed by atoms with Gasteiger partial charge in [-0.15, -0.1) is 0 Å². The van der Waals surface area contributed by atoms with Gasteiger partial charge in [-0.05, 0) is 23.3 Å². The summed E-state index contributed by atoms with van der Waals surface area (Å²) in [4.78, 5) is 19.5. The molecular weight excluding hydrogens is 366 g/mol. The van der Waals surface area contributed by atoms with Crippen LogP contribution in [0.1, 0.15) is 17.0 Å². The average Bonchev–Trinajstić information content (AvgIpc) is 2.75. The van der Waals surface area contributed by atoms with E-state index in [1.54, 1.807) is 18.3 Å². The van der Waals surface area contributed by atoms with Crippen LogP contribution in [0.25, 0.3) is 10.9 Å². The summed E-state index contributed by atoms with van der Waals surface area (Å²) in [7, 11) is 0. The van der Waals surface area contributed by atoms with Crippen molar-refractivity contribution in [2.75, 3.05) is 5.32 Å². The maximum atomic E-state index is 11.1. The number of hydrogen-bond acceptors (Lipinski definition) is 6. The molecule has 29 heavy (non-hydrogen) atoms. The topological polar surface area (TPSA) is 105 Å². The second-order valence-corrected chi connectivity index (χ2v) is 6.38. The third kappa shape index (κ3) is 3.73. The SMILES string of the molecule is N#CC(c1cccc([N+](=O)[O-])c1)c1ccccc1Nc1ncc2ccccc2n1. The molecule has 1 unspecified atom stereocenters. The molecule has 0 aliphatic rings. The quantitative estimate of drug-likeness (QED) is 0.388. The van der Waals surface area contributed by atoms with Crippen molar-refractivity contribution in [3.63, 3.8) is 0 Å². The first kappa shape index (κ1) is 18.1. The lowest BCUT2D eigenvalue weighted by molar-refractivity contribution is -0.384. The Balaban J connectivity index is 1.72. The average molecular weight is 381 g/mol. The third-order valence-electron chi connectivity index (χ3n) is 4.55. The van der Waals surface area contributed by atoms with Gasteiger partial charge in [0.15, 0.2) is 0 Å². The number of hydrogen-bond donors (Lipinski definition) is 1. The zero-order valence-corrected chi connectivity index (χ0v) is 15.2. The number of nitro benzene ring substituents is 1. The molecule has 0 saturated carbocycles. The van der Waals surface area contributed by atoms with Crippen LogP contribution in [-0.4, -0.2) is 14.9 Å². The second-order valence-electron chi connectivity index (χ2n) is 6.38. The Kier molecular flexibility index (Phi) is 4.82. The molecule has 0 spiro atoms. The van der Waals surface area contributed by atoms with E-state index >= 15 is 0 Å². The van der Waals surface area contributed by atoms with Crippen molar-refractivity contribution in [3.05, 3.63) is 100 Å². The fourth-order valence-electron chi connectivity index (χ4n) is 3.16. The highest BCUT2D eigenvalue weighted by atomic mass is 16.6.